The van der Waals surface area contributed by atoms with Gasteiger partial charge in [0.2, 0.25) is 15.0 Å². The quantitative estimate of drug-likeness (QED) is 0.792. The van der Waals surface area contributed by atoms with E-state index in [1.165, 1.54) is 0 Å². The Balaban J connectivity index is 1.63. The van der Waals surface area contributed by atoms with E-state index in [9.17, 15) is 8.42 Å². The minimum atomic E-state index is -3.56. The summed E-state index contributed by atoms with van der Waals surface area (Å²) in [6.45, 7) is 0.971. The lowest BCUT2D eigenvalue weighted by atomic mass is 10.1. The second kappa shape index (κ2) is 6.33. The smallest absolute Gasteiger partial charge is 0.250 e. The van der Waals surface area contributed by atoms with E-state index in [4.69, 9.17) is 9.15 Å². The fraction of sp³-hybridized carbons (Fsp3) is 0.625. The summed E-state index contributed by atoms with van der Waals surface area (Å²) in [5, 5.41) is 8.23. The van der Waals surface area contributed by atoms with Crippen molar-refractivity contribution in [2.45, 2.75) is 55.8 Å². The monoisotopic (exact) mass is 351 g/mol. The number of ether oxygens (including phenoxy) is 1. The summed E-state index contributed by atoms with van der Waals surface area (Å²) in [6.07, 6.45) is 6.18. The van der Waals surface area contributed by atoms with E-state index < -0.39 is 9.84 Å². The molecule has 1 saturated heterocycles. The molecule has 0 spiro atoms. The maximum absolute atomic E-state index is 12.9. The average molecular weight is 351 g/mol. The molecular formula is C16H21N3O4S. The van der Waals surface area contributed by atoms with Gasteiger partial charge in [-0.1, -0.05) is 0 Å². The minimum Gasteiger partial charge on any atom is -0.467 e. The molecular weight excluding hydrogens is 330 g/mol. The highest BCUT2D eigenvalue weighted by atomic mass is 32.2. The van der Waals surface area contributed by atoms with Crippen molar-refractivity contribution in [1.82, 2.24) is 14.8 Å². The first-order chi connectivity index (χ1) is 11.6. The van der Waals surface area contributed by atoms with Crippen LogP contribution in [-0.2, 0) is 21.1 Å². The van der Waals surface area contributed by atoms with E-state index in [1.54, 1.807) is 16.9 Å². The van der Waals surface area contributed by atoms with E-state index in [0.29, 0.717) is 24.8 Å². The number of aromatic nitrogens is 3. The summed E-state index contributed by atoms with van der Waals surface area (Å²) >= 11 is 0. The van der Waals surface area contributed by atoms with Crippen molar-refractivity contribution >= 4 is 9.84 Å². The van der Waals surface area contributed by atoms with E-state index >= 15 is 0 Å². The van der Waals surface area contributed by atoms with Crippen LogP contribution >= 0.6 is 0 Å². The van der Waals surface area contributed by atoms with E-state index in [2.05, 4.69) is 10.2 Å². The zero-order valence-corrected chi connectivity index (χ0v) is 14.2. The Morgan fingerprint density at radius 3 is 2.75 bits per heavy atom. The van der Waals surface area contributed by atoms with Crippen LogP contribution in [-0.4, -0.2) is 41.6 Å². The standard InChI is InChI=1S/C16H21N3O4S/c20-24(21,11-14-4-1-2-8-23-14)16-18-17-15(12-6-7-12)19(16)10-13-5-3-9-22-13/h3,5,9,12,14H,1-2,4,6-8,10-11H2. The summed E-state index contributed by atoms with van der Waals surface area (Å²) in [5.41, 5.74) is 0. The van der Waals surface area contributed by atoms with Gasteiger partial charge in [-0.25, -0.2) is 8.42 Å². The Morgan fingerprint density at radius 2 is 2.08 bits per heavy atom. The van der Waals surface area contributed by atoms with Crippen LogP contribution in [0.4, 0.5) is 0 Å². The normalized spacial score (nSPS) is 21.9. The molecule has 3 heterocycles. The molecule has 0 bridgehead atoms. The molecule has 0 amide bonds. The van der Waals surface area contributed by atoms with Gasteiger partial charge in [0.25, 0.3) is 0 Å². The van der Waals surface area contributed by atoms with Crippen molar-refractivity contribution in [3.05, 3.63) is 30.0 Å². The average Bonchev–Trinajstić information content (AvgIpc) is 3.10. The molecule has 2 aromatic rings. The van der Waals surface area contributed by atoms with Crippen molar-refractivity contribution < 1.29 is 17.6 Å². The van der Waals surface area contributed by atoms with E-state index in [-0.39, 0.29) is 17.0 Å². The highest BCUT2D eigenvalue weighted by molar-refractivity contribution is 7.91. The van der Waals surface area contributed by atoms with Gasteiger partial charge in [0.15, 0.2) is 0 Å². The minimum absolute atomic E-state index is 0.0338. The molecule has 0 N–H and O–H groups in total. The molecule has 2 fully saturated rings. The molecule has 8 heteroatoms. The molecule has 1 aliphatic heterocycles. The van der Waals surface area contributed by atoms with Crippen molar-refractivity contribution in [2.24, 2.45) is 0 Å². The summed E-state index contributed by atoms with van der Waals surface area (Å²) < 4.78 is 38.4. The Bertz CT molecular complexity index is 787. The highest BCUT2D eigenvalue weighted by Crippen LogP contribution is 2.40. The van der Waals surface area contributed by atoms with Crippen LogP contribution in [0.25, 0.3) is 0 Å². The number of hydrogen-bond donors (Lipinski definition) is 0. The lowest BCUT2D eigenvalue weighted by Gasteiger charge is -2.22. The van der Waals surface area contributed by atoms with Crippen LogP contribution in [0, 0.1) is 0 Å². The molecule has 1 aliphatic carbocycles. The SMILES string of the molecule is O=S(=O)(CC1CCCCO1)c1nnc(C2CC2)n1Cc1ccco1. The third-order valence-corrected chi connectivity index (χ3v) is 6.21. The molecule has 4 rings (SSSR count). The van der Waals surface area contributed by atoms with Crippen LogP contribution in [0.2, 0.25) is 0 Å². The lowest BCUT2D eigenvalue weighted by molar-refractivity contribution is 0.0304. The van der Waals surface area contributed by atoms with Crippen LogP contribution in [0.1, 0.15) is 49.6 Å². The van der Waals surface area contributed by atoms with Crippen molar-refractivity contribution in [3.8, 4) is 0 Å². The van der Waals surface area contributed by atoms with Gasteiger partial charge in [-0.2, -0.15) is 0 Å². The topological polar surface area (TPSA) is 87.2 Å². The van der Waals surface area contributed by atoms with Gasteiger partial charge in [0.05, 0.1) is 24.7 Å². The summed E-state index contributed by atoms with van der Waals surface area (Å²) in [4.78, 5) is 0. The molecule has 130 valence electrons. The van der Waals surface area contributed by atoms with Gasteiger partial charge in [0.1, 0.15) is 11.6 Å². The summed E-state index contributed by atoms with van der Waals surface area (Å²) in [7, 11) is -3.56. The largest absolute Gasteiger partial charge is 0.467 e. The molecule has 1 atom stereocenters. The van der Waals surface area contributed by atoms with Crippen LogP contribution in [0.3, 0.4) is 0 Å². The van der Waals surface area contributed by atoms with Gasteiger partial charge in [-0.05, 0) is 44.2 Å². The van der Waals surface area contributed by atoms with Crippen LogP contribution < -0.4 is 0 Å². The molecule has 0 aromatic carbocycles. The second-order valence-corrected chi connectivity index (χ2v) is 8.48. The summed E-state index contributed by atoms with van der Waals surface area (Å²) in [5.74, 6) is 1.72. The second-order valence-electron chi connectivity index (χ2n) is 6.55. The third-order valence-electron chi connectivity index (χ3n) is 4.54. The maximum atomic E-state index is 12.9. The van der Waals surface area contributed by atoms with Gasteiger partial charge in [-0.3, -0.25) is 4.57 Å². The number of nitrogens with zero attached hydrogens (tertiary/aromatic N) is 3. The zero-order chi connectivity index (χ0) is 16.6. The first kappa shape index (κ1) is 15.8. The van der Waals surface area contributed by atoms with Gasteiger partial charge in [-0.15, -0.1) is 10.2 Å². The number of hydrogen-bond acceptors (Lipinski definition) is 6. The first-order valence-corrected chi connectivity index (χ1v) is 10.1. The number of rotatable bonds is 6. The molecule has 24 heavy (non-hydrogen) atoms. The van der Waals surface area contributed by atoms with Crippen LogP contribution in [0.15, 0.2) is 28.0 Å². The third kappa shape index (κ3) is 3.25. The number of furan rings is 1. The van der Waals surface area contributed by atoms with Crippen molar-refractivity contribution in [1.29, 1.82) is 0 Å². The lowest BCUT2D eigenvalue weighted by Crippen LogP contribution is -2.29. The Hall–Kier alpha value is -1.67. The van der Waals surface area contributed by atoms with E-state index in [1.807, 2.05) is 6.07 Å². The van der Waals surface area contributed by atoms with Crippen molar-refractivity contribution in [2.75, 3.05) is 12.4 Å². The first-order valence-electron chi connectivity index (χ1n) is 8.43. The Labute approximate surface area is 140 Å². The zero-order valence-electron chi connectivity index (χ0n) is 13.4. The molecule has 1 saturated carbocycles. The maximum Gasteiger partial charge on any atom is 0.250 e. The molecule has 1 unspecified atom stereocenters. The van der Waals surface area contributed by atoms with Crippen LogP contribution in [0.5, 0.6) is 0 Å². The van der Waals surface area contributed by atoms with Gasteiger partial charge < -0.3 is 9.15 Å². The highest BCUT2D eigenvalue weighted by Gasteiger charge is 2.35. The van der Waals surface area contributed by atoms with Gasteiger partial charge in [0, 0.05) is 12.5 Å². The Kier molecular flexibility index (Phi) is 4.17. The Morgan fingerprint density at radius 1 is 1.21 bits per heavy atom. The fourth-order valence-electron chi connectivity index (χ4n) is 3.14. The van der Waals surface area contributed by atoms with E-state index in [0.717, 1.165) is 37.9 Å². The molecule has 7 nitrogen and oxygen atoms in total. The molecule has 0 radical (unpaired) electrons. The van der Waals surface area contributed by atoms with Gasteiger partial charge >= 0.3 is 0 Å². The molecule has 2 aromatic heterocycles. The predicted octanol–water partition coefficient (Wildman–Crippen LogP) is 2.14. The predicted molar refractivity (Wildman–Crippen MR) is 85.5 cm³/mol. The molecule has 2 aliphatic rings. The van der Waals surface area contributed by atoms with Crippen molar-refractivity contribution in [3.63, 3.8) is 0 Å². The fourth-order valence-corrected chi connectivity index (χ4v) is 4.70. The summed E-state index contributed by atoms with van der Waals surface area (Å²) in [6, 6.07) is 3.62. The number of sulfone groups is 1.